The summed E-state index contributed by atoms with van der Waals surface area (Å²) in [5.74, 6) is -0.520. The molecule has 3 rings (SSSR count). The van der Waals surface area contributed by atoms with Crippen LogP contribution < -0.4 is 10.1 Å². The lowest BCUT2D eigenvalue weighted by Gasteiger charge is -2.33. The summed E-state index contributed by atoms with van der Waals surface area (Å²) in [4.78, 5) is 28.3. The van der Waals surface area contributed by atoms with Crippen molar-refractivity contribution in [1.29, 1.82) is 0 Å². The van der Waals surface area contributed by atoms with Gasteiger partial charge in [0.05, 0.1) is 7.11 Å². The Hall–Kier alpha value is -3.68. The van der Waals surface area contributed by atoms with E-state index < -0.39 is 23.3 Å². The summed E-state index contributed by atoms with van der Waals surface area (Å²) >= 11 is 0. The fourth-order valence-electron chi connectivity index (χ4n) is 3.29. The first-order chi connectivity index (χ1) is 15.2. The number of nitrogens with one attached hydrogen (secondary N) is 2. The SMILES string of the molecule is COc1ccc(CN(C(=O)c2ccn[nH]2)C(C(=O)NC(C)(C)C)c2ccc(F)cc2)cc1. The number of halogens is 1. The summed E-state index contributed by atoms with van der Waals surface area (Å²) in [5, 5.41) is 9.48. The molecule has 2 aromatic carbocycles. The van der Waals surface area contributed by atoms with Gasteiger partial charge in [0.15, 0.2) is 0 Å². The first kappa shape index (κ1) is 23.0. The van der Waals surface area contributed by atoms with E-state index in [1.807, 2.05) is 32.9 Å². The first-order valence-corrected chi connectivity index (χ1v) is 10.2. The van der Waals surface area contributed by atoms with E-state index >= 15 is 0 Å². The third-order valence-electron chi connectivity index (χ3n) is 4.75. The van der Waals surface area contributed by atoms with Gasteiger partial charge in [0.2, 0.25) is 5.91 Å². The fraction of sp³-hybridized carbons (Fsp3) is 0.292. The number of amides is 2. The van der Waals surface area contributed by atoms with Crippen molar-refractivity contribution in [2.75, 3.05) is 7.11 Å². The average molecular weight is 439 g/mol. The zero-order valence-corrected chi connectivity index (χ0v) is 18.6. The maximum Gasteiger partial charge on any atom is 0.273 e. The number of methoxy groups -OCH3 is 1. The Balaban J connectivity index is 2.06. The Morgan fingerprint density at radius 1 is 1.09 bits per heavy atom. The third kappa shape index (κ3) is 5.72. The molecule has 1 atom stereocenters. The van der Waals surface area contributed by atoms with Crippen LogP contribution in [0.1, 0.15) is 48.4 Å². The number of hydrogen-bond donors (Lipinski definition) is 2. The summed E-state index contributed by atoms with van der Waals surface area (Å²) in [6, 6.07) is 13.4. The summed E-state index contributed by atoms with van der Waals surface area (Å²) in [7, 11) is 1.57. The average Bonchev–Trinajstić information content (AvgIpc) is 3.28. The van der Waals surface area contributed by atoms with Crippen LogP contribution in [0.25, 0.3) is 0 Å². The molecule has 1 heterocycles. The molecule has 0 aliphatic carbocycles. The van der Waals surface area contributed by atoms with Gasteiger partial charge in [0.1, 0.15) is 23.3 Å². The zero-order chi connectivity index (χ0) is 23.3. The lowest BCUT2D eigenvalue weighted by atomic mass is 10.0. The van der Waals surface area contributed by atoms with Crippen molar-refractivity contribution in [3.8, 4) is 5.75 Å². The number of carbonyl (C=O) groups is 2. The number of rotatable bonds is 7. The van der Waals surface area contributed by atoms with Gasteiger partial charge in [-0.2, -0.15) is 5.10 Å². The van der Waals surface area contributed by atoms with Crippen LogP contribution in [0.5, 0.6) is 5.75 Å². The predicted octanol–water partition coefficient (Wildman–Crippen LogP) is 3.86. The van der Waals surface area contributed by atoms with Gasteiger partial charge in [-0.25, -0.2) is 4.39 Å². The molecule has 2 amide bonds. The summed E-state index contributed by atoms with van der Waals surface area (Å²) < 4.78 is 18.8. The van der Waals surface area contributed by atoms with Gasteiger partial charge >= 0.3 is 0 Å². The van der Waals surface area contributed by atoms with Crippen molar-refractivity contribution in [3.05, 3.63) is 83.4 Å². The second-order valence-electron chi connectivity index (χ2n) is 8.44. The highest BCUT2D eigenvalue weighted by atomic mass is 19.1. The topological polar surface area (TPSA) is 87.3 Å². The van der Waals surface area contributed by atoms with Crippen molar-refractivity contribution < 1.29 is 18.7 Å². The largest absolute Gasteiger partial charge is 0.497 e. The number of H-pyrrole nitrogens is 1. The second-order valence-corrected chi connectivity index (χ2v) is 8.44. The van der Waals surface area contributed by atoms with Gasteiger partial charge in [-0.05, 0) is 62.2 Å². The molecular formula is C24H27FN4O3. The minimum Gasteiger partial charge on any atom is -0.497 e. The van der Waals surface area contributed by atoms with E-state index in [-0.39, 0.29) is 18.1 Å². The van der Waals surface area contributed by atoms with E-state index in [1.54, 1.807) is 25.3 Å². The van der Waals surface area contributed by atoms with E-state index in [9.17, 15) is 14.0 Å². The Labute approximate surface area is 186 Å². The van der Waals surface area contributed by atoms with Crippen molar-refractivity contribution >= 4 is 11.8 Å². The minimum absolute atomic E-state index is 0.140. The Bertz CT molecular complexity index is 1040. The highest BCUT2D eigenvalue weighted by Crippen LogP contribution is 2.27. The molecule has 8 heteroatoms. The number of hydrogen-bond acceptors (Lipinski definition) is 4. The normalized spacial score (nSPS) is 12.2. The molecule has 0 fully saturated rings. The Kier molecular flexibility index (Phi) is 6.92. The first-order valence-electron chi connectivity index (χ1n) is 10.2. The molecule has 0 aliphatic rings. The van der Waals surface area contributed by atoms with Crippen LogP contribution in [0.15, 0.2) is 60.8 Å². The van der Waals surface area contributed by atoms with Gasteiger partial charge < -0.3 is 15.0 Å². The van der Waals surface area contributed by atoms with Gasteiger partial charge in [0, 0.05) is 18.3 Å². The highest BCUT2D eigenvalue weighted by molar-refractivity contribution is 5.96. The minimum atomic E-state index is -0.993. The number of nitrogens with zero attached hydrogens (tertiary/aromatic N) is 2. The van der Waals surface area contributed by atoms with E-state index in [0.29, 0.717) is 11.3 Å². The van der Waals surface area contributed by atoms with Gasteiger partial charge in [0.25, 0.3) is 5.91 Å². The molecule has 1 aromatic heterocycles. The van der Waals surface area contributed by atoms with E-state index in [0.717, 1.165) is 5.56 Å². The maximum atomic E-state index is 13.6. The van der Waals surface area contributed by atoms with Crippen LogP contribution in [0.3, 0.4) is 0 Å². The number of aromatic amines is 1. The van der Waals surface area contributed by atoms with Gasteiger partial charge in [-0.1, -0.05) is 24.3 Å². The molecule has 0 radical (unpaired) electrons. The number of aromatic nitrogens is 2. The Morgan fingerprint density at radius 2 is 1.75 bits per heavy atom. The van der Waals surface area contributed by atoms with E-state index in [2.05, 4.69) is 15.5 Å². The number of benzene rings is 2. The predicted molar refractivity (Wildman–Crippen MR) is 118 cm³/mol. The molecule has 32 heavy (non-hydrogen) atoms. The molecule has 0 saturated carbocycles. The van der Waals surface area contributed by atoms with Gasteiger partial charge in [-0.3, -0.25) is 14.7 Å². The van der Waals surface area contributed by atoms with Crippen LogP contribution in [-0.2, 0) is 11.3 Å². The summed E-state index contributed by atoms with van der Waals surface area (Å²) in [6.07, 6.45) is 1.47. The molecular weight excluding hydrogens is 411 g/mol. The van der Waals surface area contributed by atoms with Crippen LogP contribution in [0.4, 0.5) is 4.39 Å². The van der Waals surface area contributed by atoms with E-state index in [1.165, 1.54) is 35.4 Å². The van der Waals surface area contributed by atoms with Gasteiger partial charge in [-0.15, -0.1) is 0 Å². The fourth-order valence-corrected chi connectivity index (χ4v) is 3.29. The lowest BCUT2D eigenvalue weighted by molar-refractivity contribution is -0.127. The molecule has 0 saturated heterocycles. The Morgan fingerprint density at radius 3 is 2.28 bits per heavy atom. The smallest absolute Gasteiger partial charge is 0.273 e. The van der Waals surface area contributed by atoms with Crippen molar-refractivity contribution in [2.45, 2.75) is 38.9 Å². The lowest BCUT2D eigenvalue weighted by Crippen LogP contribution is -2.49. The van der Waals surface area contributed by atoms with Crippen LogP contribution >= 0.6 is 0 Å². The van der Waals surface area contributed by atoms with Crippen molar-refractivity contribution in [2.24, 2.45) is 0 Å². The molecule has 168 valence electrons. The molecule has 3 aromatic rings. The van der Waals surface area contributed by atoms with Crippen molar-refractivity contribution in [3.63, 3.8) is 0 Å². The summed E-state index contributed by atoms with van der Waals surface area (Å²) in [6.45, 7) is 5.72. The standard InChI is InChI=1S/C24H27FN4O3/c1-24(2,3)27-22(30)21(17-7-9-18(25)10-8-17)29(23(31)20-13-14-26-28-20)15-16-5-11-19(32-4)12-6-16/h5-14,21H,15H2,1-4H3,(H,26,28)(H,27,30). The molecule has 0 aliphatic heterocycles. The highest BCUT2D eigenvalue weighted by Gasteiger charge is 2.34. The third-order valence-corrected chi connectivity index (χ3v) is 4.75. The van der Waals surface area contributed by atoms with Crippen LogP contribution in [-0.4, -0.2) is 39.6 Å². The second kappa shape index (κ2) is 9.64. The van der Waals surface area contributed by atoms with Crippen molar-refractivity contribution in [1.82, 2.24) is 20.4 Å². The molecule has 2 N–H and O–H groups in total. The molecule has 1 unspecified atom stereocenters. The molecule has 0 bridgehead atoms. The number of ether oxygens (including phenoxy) is 1. The number of carbonyl (C=O) groups excluding carboxylic acids is 2. The maximum absolute atomic E-state index is 13.6. The van der Waals surface area contributed by atoms with Crippen LogP contribution in [0.2, 0.25) is 0 Å². The van der Waals surface area contributed by atoms with Crippen LogP contribution in [0, 0.1) is 5.82 Å². The molecule has 7 nitrogen and oxygen atoms in total. The summed E-state index contributed by atoms with van der Waals surface area (Å²) in [5.41, 5.74) is 1.01. The zero-order valence-electron chi connectivity index (χ0n) is 18.6. The molecule has 0 spiro atoms. The van der Waals surface area contributed by atoms with E-state index in [4.69, 9.17) is 4.74 Å². The quantitative estimate of drug-likeness (QED) is 0.587. The monoisotopic (exact) mass is 438 g/mol.